The van der Waals surface area contributed by atoms with E-state index in [9.17, 15) is 0 Å². The Hall–Kier alpha value is -1.39. The molecule has 1 atom stereocenters. The third-order valence-electron chi connectivity index (χ3n) is 3.54. The quantitative estimate of drug-likeness (QED) is 0.853. The lowest BCUT2D eigenvalue weighted by Gasteiger charge is -2.20. The Morgan fingerprint density at radius 1 is 1.24 bits per heavy atom. The van der Waals surface area contributed by atoms with Gasteiger partial charge in [0.1, 0.15) is 12.2 Å². The summed E-state index contributed by atoms with van der Waals surface area (Å²) in [7, 11) is 0. The summed E-state index contributed by atoms with van der Waals surface area (Å²) >= 11 is 5.99. The molecule has 1 heterocycles. The van der Waals surface area contributed by atoms with Crippen molar-refractivity contribution in [1.29, 1.82) is 0 Å². The highest BCUT2D eigenvalue weighted by Crippen LogP contribution is 2.21. The molecule has 0 saturated carbocycles. The highest BCUT2D eigenvalue weighted by Gasteiger charge is 2.16. The molecule has 0 amide bonds. The SMILES string of the molecule is CCn1ncnc1CC(CNC(C)C)c1ccc(Cl)cc1. The van der Waals surface area contributed by atoms with Crippen molar-refractivity contribution in [1.82, 2.24) is 20.1 Å². The first kappa shape index (κ1) is 16.0. The second kappa shape index (κ2) is 7.57. The molecule has 2 aromatic rings. The lowest BCUT2D eigenvalue weighted by Crippen LogP contribution is -2.29. The molecule has 0 aliphatic heterocycles. The van der Waals surface area contributed by atoms with E-state index in [1.54, 1.807) is 6.33 Å². The Bertz CT molecular complexity index is 548. The normalized spacial score (nSPS) is 12.8. The third kappa shape index (κ3) is 4.55. The Morgan fingerprint density at radius 3 is 2.57 bits per heavy atom. The molecule has 5 heteroatoms. The van der Waals surface area contributed by atoms with Gasteiger partial charge in [-0.2, -0.15) is 5.10 Å². The number of hydrogen-bond donors (Lipinski definition) is 1. The Balaban J connectivity index is 2.17. The number of aromatic nitrogens is 3. The lowest BCUT2D eigenvalue weighted by atomic mass is 9.95. The monoisotopic (exact) mass is 306 g/mol. The summed E-state index contributed by atoms with van der Waals surface area (Å²) in [5.74, 6) is 1.39. The van der Waals surface area contributed by atoms with Crippen molar-refractivity contribution < 1.29 is 0 Å². The average molecular weight is 307 g/mol. The van der Waals surface area contributed by atoms with E-state index in [1.165, 1.54) is 5.56 Å². The number of hydrogen-bond acceptors (Lipinski definition) is 3. The fourth-order valence-corrected chi connectivity index (χ4v) is 2.48. The molecule has 1 unspecified atom stereocenters. The van der Waals surface area contributed by atoms with E-state index in [0.717, 1.165) is 30.4 Å². The van der Waals surface area contributed by atoms with Crippen LogP contribution < -0.4 is 5.32 Å². The molecule has 0 spiro atoms. The Morgan fingerprint density at radius 2 is 1.95 bits per heavy atom. The molecule has 1 aromatic carbocycles. The molecule has 0 radical (unpaired) electrons. The van der Waals surface area contributed by atoms with Crippen molar-refractivity contribution in [2.24, 2.45) is 0 Å². The maximum Gasteiger partial charge on any atom is 0.138 e. The van der Waals surface area contributed by atoms with Crippen molar-refractivity contribution in [2.75, 3.05) is 6.54 Å². The van der Waals surface area contributed by atoms with E-state index in [1.807, 2.05) is 16.8 Å². The fourth-order valence-electron chi connectivity index (χ4n) is 2.35. The van der Waals surface area contributed by atoms with Gasteiger partial charge in [0, 0.05) is 36.5 Å². The summed E-state index contributed by atoms with van der Waals surface area (Å²) in [6.45, 7) is 8.17. The molecule has 0 saturated heterocycles. The van der Waals surface area contributed by atoms with Gasteiger partial charge in [0.25, 0.3) is 0 Å². The second-order valence-corrected chi connectivity index (χ2v) is 5.94. The van der Waals surface area contributed by atoms with Crippen molar-refractivity contribution in [3.63, 3.8) is 0 Å². The topological polar surface area (TPSA) is 42.7 Å². The van der Waals surface area contributed by atoms with Crippen molar-refractivity contribution in [3.8, 4) is 0 Å². The summed E-state index contributed by atoms with van der Waals surface area (Å²) < 4.78 is 1.96. The summed E-state index contributed by atoms with van der Waals surface area (Å²) in [6, 6.07) is 8.56. The molecule has 0 bridgehead atoms. The first-order valence-corrected chi connectivity index (χ1v) is 7.83. The molecule has 4 nitrogen and oxygen atoms in total. The molecule has 0 aliphatic carbocycles. The van der Waals surface area contributed by atoms with E-state index in [2.05, 4.69) is 48.3 Å². The minimum Gasteiger partial charge on any atom is -0.314 e. The van der Waals surface area contributed by atoms with Crippen LogP contribution in [0.3, 0.4) is 0 Å². The molecule has 114 valence electrons. The zero-order valence-corrected chi connectivity index (χ0v) is 13.6. The zero-order chi connectivity index (χ0) is 15.2. The second-order valence-electron chi connectivity index (χ2n) is 5.51. The van der Waals surface area contributed by atoms with Gasteiger partial charge >= 0.3 is 0 Å². The van der Waals surface area contributed by atoms with Gasteiger partial charge in [-0.25, -0.2) is 4.98 Å². The molecular formula is C16H23ClN4. The number of nitrogens with zero attached hydrogens (tertiary/aromatic N) is 3. The van der Waals surface area contributed by atoms with E-state index in [4.69, 9.17) is 11.6 Å². The number of nitrogens with one attached hydrogen (secondary N) is 1. The number of halogens is 1. The van der Waals surface area contributed by atoms with Gasteiger partial charge in [-0.05, 0) is 24.6 Å². The predicted molar refractivity (Wildman–Crippen MR) is 86.7 cm³/mol. The van der Waals surface area contributed by atoms with Gasteiger partial charge in [0.05, 0.1) is 0 Å². The van der Waals surface area contributed by atoms with Crippen LogP contribution in [0.2, 0.25) is 5.02 Å². The van der Waals surface area contributed by atoms with Crippen LogP contribution >= 0.6 is 11.6 Å². The number of rotatable bonds is 7. The Labute approximate surface area is 131 Å². The van der Waals surface area contributed by atoms with E-state index in [-0.39, 0.29) is 0 Å². The summed E-state index contributed by atoms with van der Waals surface area (Å²) in [5, 5.41) is 8.54. The molecule has 1 N–H and O–H groups in total. The van der Waals surface area contributed by atoms with Crippen molar-refractivity contribution >= 4 is 11.6 Å². The van der Waals surface area contributed by atoms with Crippen molar-refractivity contribution in [3.05, 3.63) is 47.0 Å². The summed E-state index contributed by atoms with van der Waals surface area (Å²) in [5.41, 5.74) is 1.28. The van der Waals surface area contributed by atoms with Gasteiger partial charge in [-0.1, -0.05) is 37.6 Å². The van der Waals surface area contributed by atoms with Crippen LogP contribution in [0.5, 0.6) is 0 Å². The molecule has 21 heavy (non-hydrogen) atoms. The maximum absolute atomic E-state index is 5.99. The van der Waals surface area contributed by atoms with Gasteiger partial charge in [0.15, 0.2) is 0 Å². The van der Waals surface area contributed by atoms with Crippen LogP contribution in [0.15, 0.2) is 30.6 Å². The van der Waals surface area contributed by atoms with Crippen LogP contribution in [-0.4, -0.2) is 27.4 Å². The zero-order valence-electron chi connectivity index (χ0n) is 12.9. The average Bonchev–Trinajstić information content (AvgIpc) is 2.91. The van der Waals surface area contributed by atoms with Gasteiger partial charge in [-0.15, -0.1) is 0 Å². The molecular weight excluding hydrogens is 284 g/mol. The third-order valence-corrected chi connectivity index (χ3v) is 3.79. The lowest BCUT2D eigenvalue weighted by molar-refractivity contribution is 0.505. The smallest absolute Gasteiger partial charge is 0.138 e. The van der Waals surface area contributed by atoms with Crippen LogP contribution in [0.25, 0.3) is 0 Å². The Kier molecular flexibility index (Phi) is 5.76. The molecule has 2 rings (SSSR count). The van der Waals surface area contributed by atoms with Crippen LogP contribution in [-0.2, 0) is 13.0 Å². The van der Waals surface area contributed by atoms with Gasteiger partial charge < -0.3 is 5.32 Å². The predicted octanol–water partition coefficient (Wildman–Crippen LogP) is 3.28. The van der Waals surface area contributed by atoms with E-state index < -0.39 is 0 Å². The number of aryl methyl sites for hydroxylation is 1. The number of benzene rings is 1. The highest BCUT2D eigenvalue weighted by atomic mass is 35.5. The molecule has 0 fully saturated rings. The summed E-state index contributed by atoms with van der Waals surface area (Å²) in [6.07, 6.45) is 2.50. The highest BCUT2D eigenvalue weighted by molar-refractivity contribution is 6.30. The molecule has 0 aliphatic rings. The standard InChI is InChI=1S/C16H23ClN4/c1-4-21-16(19-11-20-21)9-14(10-18-12(2)3)13-5-7-15(17)8-6-13/h5-8,11-12,14,18H,4,9-10H2,1-3H3. The van der Waals surface area contributed by atoms with E-state index >= 15 is 0 Å². The van der Waals surface area contributed by atoms with Crippen molar-refractivity contribution in [2.45, 2.75) is 45.7 Å². The van der Waals surface area contributed by atoms with Gasteiger partial charge in [0.2, 0.25) is 0 Å². The largest absolute Gasteiger partial charge is 0.314 e. The van der Waals surface area contributed by atoms with Crippen LogP contribution in [0, 0.1) is 0 Å². The summed E-state index contributed by atoms with van der Waals surface area (Å²) in [4.78, 5) is 4.40. The van der Waals surface area contributed by atoms with Crippen LogP contribution in [0.1, 0.15) is 38.1 Å². The first-order valence-electron chi connectivity index (χ1n) is 7.45. The first-order chi connectivity index (χ1) is 10.1. The maximum atomic E-state index is 5.99. The van der Waals surface area contributed by atoms with Gasteiger partial charge in [-0.3, -0.25) is 4.68 Å². The van der Waals surface area contributed by atoms with E-state index in [0.29, 0.717) is 12.0 Å². The fraction of sp³-hybridized carbons (Fsp3) is 0.500. The van der Waals surface area contributed by atoms with Crippen LogP contribution in [0.4, 0.5) is 0 Å². The minimum absolute atomic E-state index is 0.360. The molecule has 1 aromatic heterocycles. The minimum atomic E-state index is 0.360.